The second kappa shape index (κ2) is 7.95. The summed E-state index contributed by atoms with van der Waals surface area (Å²) in [5, 5.41) is 2.76. The first-order chi connectivity index (χ1) is 14.0. The monoisotopic (exact) mass is 407 g/mol. The molecule has 2 aromatic rings. The second-order valence-corrected chi connectivity index (χ2v) is 8.17. The van der Waals surface area contributed by atoms with Gasteiger partial charge in [0.25, 0.3) is 11.8 Å². The van der Waals surface area contributed by atoms with Gasteiger partial charge in [-0.2, -0.15) is 0 Å². The van der Waals surface area contributed by atoms with Gasteiger partial charge in [-0.15, -0.1) is 0 Å². The zero-order chi connectivity index (χ0) is 20.5. The molecular weight excluding hydrogens is 382 g/mol. The lowest BCUT2D eigenvalue weighted by Crippen LogP contribution is -2.54. The Bertz CT molecular complexity index is 1000. The maximum atomic E-state index is 13.2. The zero-order valence-electron chi connectivity index (χ0n) is 16.8. The number of benzene rings is 1. The van der Waals surface area contributed by atoms with Gasteiger partial charge in [-0.3, -0.25) is 19.8 Å². The Balaban J connectivity index is 1.71. The summed E-state index contributed by atoms with van der Waals surface area (Å²) in [7, 11) is 0. The molecule has 0 atom stereocenters. The largest absolute Gasteiger partial charge is 0.346 e. The first kappa shape index (κ1) is 19.6. The van der Waals surface area contributed by atoms with Crippen LogP contribution in [0.25, 0.3) is 6.08 Å². The summed E-state index contributed by atoms with van der Waals surface area (Å²) in [6, 6.07) is 11.7. The average Bonchev–Trinajstić information content (AvgIpc) is 2.99. The summed E-state index contributed by atoms with van der Waals surface area (Å²) in [4.78, 5) is 27.1. The predicted octanol–water partition coefficient (Wildman–Crippen LogP) is 4.44. The third-order valence-electron chi connectivity index (χ3n) is 5.88. The summed E-state index contributed by atoms with van der Waals surface area (Å²) in [6.45, 7) is 4.16. The van der Waals surface area contributed by atoms with Gasteiger partial charge in [0.1, 0.15) is 5.57 Å². The molecule has 2 fully saturated rings. The maximum Gasteiger partial charge on any atom is 0.270 e. The Morgan fingerprint density at radius 1 is 1.07 bits per heavy atom. The molecule has 5 nitrogen and oxygen atoms in total. The number of hydrogen-bond acceptors (Lipinski definition) is 3. The van der Waals surface area contributed by atoms with Crippen LogP contribution in [0.15, 0.2) is 42.0 Å². The number of nitrogens with one attached hydrogen (secondary N) is 1. The topological polar surface area (TPSA) is 54.3 Å². The number of nitrogens with zero attached hydrogens (tertiary/aromatic N) is 2. The molecule has 29 heavy (non-hydrogen) atoms. The van der Waals surface area contributed by atoms with E-state index in [-0.39, 0.29) is 10.7 Å². The van der Waals surface area contributed by atoms with Gasteiger partial charge in [-0.05, 0) is 68.7 Å². The number of aromatic nitrogens is 1. The van der Waals surface area contributed by atoms with E-state index in [1.807, 2.05) is 18.2 Å². The molecule has 2 amide bonds. The molecular formula is C23H25N3O2S. The number of carbonyl (C=O) groups excluding carboxylic acids is 2. The molecule has 4 rings (SSSR count). The van der Waals surface area contributed by atoms with Crippen molar-refractivity contribution in [2.24, 2.45) is 0 Å². The van der Waals surface area contributed by atoms with Crippen LogP contribution in [-0.4, -0.2) is 21.5 Å². The van der Waals surface area contributed by atoms with Gasteiger partial charge in [-0.1, -0.05) is 37.5 Å². The van der Waals surface area contributed by atoms with Gasteiger partial charge < -0.3 is 4.57 Å². The van der Waals surface area contributed by atoms with Crippen molar-refractivity contribution >= 4 is 40.9 Å². The van der Waals surface area contributed by atoms with E-state index in [2.05, 4.69) is 29.8 Å². The Morgan fingerprint density at radius 3 is 2.45 bits per heavy atom. The molecule has 0 bridgehead atoms. The Kier molecular flexibility index (Phi) is 5.37. The molecule has 0 radical (unpaired) electrons. The smallest absolute Gasteiger partial charge is 0.270 e. The lowest BCUT2D eigenvalue weighted by atomic mass is 9.95. The van der Waals surface area contributed by atoms with E-state index in [0.29, 0.717) is 11.7 Å². The van der Waals surface area contributed by atoms with Crippen molar-refractivity contribution < 1.29 is 9.59 Å². The number of thiocarbonyl (C=S) groups is 1. The Morgan fingerprint density at radius 2 is 1.76 bits per heavy atom. The van der Waals surface area contributed by atoms with Crippen LogP contribution < -0.4 is 10.2 Å². The summed E-state index contributed by atoms with van der Waals surface area (Å²) >= 11 is 5.26. The average molecular weight is 408 g/mol. The zero-order valence-corrected chi connectivity index (χ0v) is 17.6. The molecule has 2 aliphatic rings. The van der Waals surface area contributed by atoms with Crippen molar-refractivity contribution in [2.45, 2.75) is 52.0 Å². The molecule has 0 unspecified atom stereocenters. The molecule has 1 aromatic carbocycles. The third kappa shape index (κ3) is 3.65. The van der Waals surface area contributed by atoms with Crippen LogP contribution in [0.4, 0.5) is 5.69 Å². The fraction of sp³-hybridized carbons (Fsp3) is 0.348. The summed E-state index contributed by atoms with van der Waals surface area (Å²) in [5.41, 5.74) is 3.92. The van der Waals surface area contributed by atoms with Crippen LogP contribution in [-0.2, 0) is 9.59 Å². The van der Waals surface area contributed by atoms with E-state index in [4.69, 9.17) is 12.2 Å². The first-order valence-corrected chi connectivity index (χ1v) is 10.5. The van der Waals surface area contributed by atoms with Crippen molar-refractivity contribution in [3.8, 4) is 0 Å². The Labute approximate surface area is 176 Å². The molecule has 150 valence electrons. The van der Waals surface area contributed by atoms with E-state index in [1.54, 1.807) is 18.2 Å². The lowest BCUT2D eigenvalue weighted by molar-refractivity contribution is -0.122. The van der Waals surface area contributed by atoms with Crippen LogP contribution in [0, 0.1) is 13.8 Å². The first-order valence-electron chi connectivity index (χ1n) is 10.1. The van der Waals surface area contributed by atoms with Gasteiger partial charge in [0, 0.05) is 17.4 Å². The van der Waals surface area contributed by atoms with E-state index in [9.17, 15) is 9.59 Å². The van der Waals surface area contributed by atoms with Gasteiger partial charge in [0.15, 0.2) is 5.11 Å². The van der Waals surface area contributed by atoms with Crippen LogP contribution in [0.5, 0.6) is 0 Å². The van der Waals surface area contributed by atoms with Crippen LogP contribution in [0.1, 0.15) is 55.1 Å². The highest BCUT2D eigenvalue weighted by Gasteiger charge is 2.34. The fourth-order valence-electron chi connectivity index (χ4n) is 4.47. The van der Waals surface area contributed by atoms with Crippen molar-refractivity contribution in [1.82, 2.24) is 9.88 Å². The molecule has 0 spiro atoms. The second-order valence-electron chi connectivity index (χ2n) is 7.78. The van der Waals surface area contributed by atoms with Gasteiger partial charge >= 0.3 is 0 Å². The summed E-state index contributed by atoms with van der Waals surface area (Å²) in [6.07, 6.45) is 7.88. The van der Waals surface area contributed by atoms with Crippen LogP contribution in [0.2, 0.25) is 0 Å². The van der Waals surface area contributed by atoms with Gasteiger partial charge in [-0.25, -0.2) is 0 Å². The minimum Gasteiger partial charge on any atom is -0.346 e. The summed E-state index contributed by atoms with van der Waals surface area (Å²) < 4.78 is 2.37. The third-order valence-corrected chi connectivity index (χ3v) is 6.16. The van der Waals surface area contributed by atoms with Crippen LogP contribution in [0.3, 0.4) is 0 Å². The SMILES string of the molecule is Cc1cc(C=C2C(=O)NC(=S)N(c3ccccc3)C2=O)c(C)n1C1CCCCC1. The van der Waals surface area contributed by atoms with Gasteiger partial charge in [0.05, 0.1) is 5.69 Å². The number of rotatable bonds is 3. The standard InChI is InChI=1S/C23H25N3O2S/c1-15-13-17(16(2)25(15)18-9-5-3-6-10-18)14-20-21(27)24-23(29)26(22(20)28)19-11-7-4-8-12-19/h4,7-8,11-14,18H,3,5-6,9-10H2,1-2H3,(H,24,27,29). The molecule has 2 heterocycles. The quantitative estimate of drug-likeness (QED) is 0.465. The molecule has 1 saturated carbocycles. The maximum absolute atomic E-state index is 13.2. The van der Waals surface area contributed by atoms with Crippen molar-refractivity contribution in [2.75, 3.05) is 4.90 Å². The molecule has 1 saturated heterocycles. The normalized spacial score (nSPS) is 19.7. The molecule has 1 aliphatic carbocycles. The number of carbonyl (C=O) groups is 2. The number of aryl methyl sites for hydroxylation is 1. The van der Waals surface area contributed by atoms with E-state index in [1.165, 1.54) is 42.7 Å². The number of para-hydroxylation sites is 1. The van der Waals surface area contributed by atoms with Gasteiger partial charge in [0.2, 0.25) is 0 Å². The van der Waals surface area contributed by atoms with Crippen LogP contribution >= 0.6 is 12.2 Å². The molecule has 1 N–H and O–H groups in total. The van der Waals surface area contributed by atoms with Crippen molar-refractivity contribution in [1.29, 1.82) is 0 Å². The number of hydrogen-bond donors (Lipinski definition) is 1. The number of anilines is 1. The fourth-order valence-corrected chi connectivity index (χ4v) is 4.76. The molecule has 1 aliphatic heterocycles. The van der Waals surface area contributed by atoms with Crippen molar-refractivity contribution in [3.63, 3.8) is 0 Å². The van der Waals surface area contributed by atoms with E-state index < -0.39 is 11.8 Å². The lowest BCUT2D eigenvalue weighted by Gasteiger charge is -2.29. The van der Waals surface area contributed by atoms with Crippen molar-refractivity contribution in [3.05, 3.63) is 58.9 Å². The highest BCUT2D eigenvalue weighted by atomic mass is 32.1. The predicted molar refractivity (Wildman–Crippen MR) is 119 cm³/mol. The minimum absolute atomic E-state index is 0.103. The highest BCUT2D eigenvalue weighted by Crippen LogP contribution is 2.33. The summed E-state index contributed by atoms with van der Waals surface area (Å²) in [5.74, 6) is -0.845. The number of amides is 2. The van der Waals surface area contributed by atoms with E-state index in [0.717, 1.165) is 11.3 Å². The molecule has 6 heteroatoms. The highest BCUT2D eigenvalue weighted by molar-refractivity contribution is 7.80. The Hall–Kier alpha value is -2.73. The minimum atomic E-state index is -0.449. The van der Waals surface area contributed by atoms with E-state index >= 15 is 0 Å². The molecule has 1 aromatic heterocycles.